The summed E-state index contributed by atoms with van der Waals surface area (Å²) in [5, 5.41) is 4.00. The van der Waals surface area contributed by atoms with Crippen LogP contribution in [0.25, 0.3) is 0 Å². The van der Waals surface area contributed by atoms with Gasteiger partial charge in [-0.2, -0.15) is 0 Å². The van der Waals surface area contributed by atoms with Gasteiger partial charge >= 0.3 is 0 Å². The third-order valence-electron chi connectivity index (χ3n) is 3.06. The average Bonchev–Trinajstić information content (AvgIpc) is 3.13. The molecular formula is C14H20ClNO. The highest BCUT2D eigenvalue weighted by molar-refractivity contribution is 6.32. The van der Waals surface area contributed by atoms with Crippen molar-refractivity contribution in [3.05, 3.63) is 28.8 Å². The lowest BCUT2D eigenvalue weighted by atomic mass is 10.2. The van der Waals surface area contributed by atoms with Crippen molar-refractivity contribution in [3.8, 4) is 5.75 Å². The summed E-state index contributed by atoms with van der Waals surface area (Å²) in [4.78, 5) is 0. The van der Waals surface area contributed by atoms with Gasteiger partial charge < -0.3 is 10.1 Å². The quantitative estimate of drug-likeness (QED) is 0.801. The molecule has 1 N–H and O–H groups in total. The van der Waals surface area contributed by atoms with Gasteiger partial charge in [0.25, 0.3) is 0 Å². The maximum Gasteiger partial charge on any atom is 0.137 e. The fourth-order valence-electron chi connectivity index (χ4n) is 1.78. The van der Waals surface area contributed by atoms with Crippen LogP contribution in [0.2, 0.25) is 5.02 Å². The van der Waals surface area contributed by atoms with Gasteiger partial charge in [-0.05, 0) is 36.6 Å². The number of hydrogen-bond donors (Lipinski definition) is 1. The first-order chi connectivity index (χ1) is 8.29. The van der Waals surface area contributed by atoms with Gasteiger partial charge in [0.1, 0.15) is 5.75 Å². The second-order valence-electron chi connectivity index (χ2n) is 4.63. The zero-order valence-corrected chi connectivity index (χ0v) is 11.1. The highest BCUT2D eigenvalue weighted by atomic mass is 35.5. The lowest BCUT2D eigenvalue weighted by molar-refractivity contribution is 0.302. The Bertz CT molecular complexity index is 363. The Kier molecular flexibility index (Phi) is 4.69. The predicted molar refractivity (Wildman–Crippen MR) is 71.7 cm³/mol. The van der Waals surface area contributed by atoms with Crippen LogP contribution in [0, 0.1) is 5.92 Å². The van der Waals surface area contributed by atoms with Crippen LogP contribution in [0.1, 0.15) is 31.7 Å². The molecule has 1 fully saturated rings. The third-order valence-corrected chi connectivity index (χ3v) is 3.35. The molecule has 0 aliphatic heterocycles. The fraction of sp³-hybridized carbons (Fsp3) is 0.571. The molecule has 2 nitrogen and oxygen atoms in total. The summed E-state index contributed by atoms with van der Waals surface area (Å²) in [5.74, 6) is 1.72. The Labute approximate surface area is 108 Å². The molecule has 0 bridgehead atoms. The van der Waals surface area contributed by atoms with Gasteiger partial charge in [-0.15, -0.1) is 0 Å². The Morgan fingerprint density at radius 3 is 2.88 bits per heavy atom. The molecular weight excluding hydrogens is 234 g/mol. The summed E-state index contributed by atoms with van der Waals surface area (Å²) < 4.78 is 5.69. The molecule has 94 valence electrons. The monoisotopic (exact) mass is 253 g/mol. The number of hydrogen-bond acceptors (Lipinski definition) is 2. The Balaban J connectivity index is 1.83. The summed E-state index contributed by atoms with van der Waals surface area (Å²) in [5.41, 5.74) is 1.20. The van der Waals surface area contributed by atoms with E-state index in [0.717, 1.165) is 42.8 Å². The van der Waals surface area contributed by atoms with E-state index >= 15 is 0 Å². The van der Waals surface area contributed by atoms with Gasteiger partial charge in [-0.25, -0.2) is 0 Å². The minimum absolute atomic E-state index is 0.719. The highest BCUT2D eigenvalue weighted by Crippen LogP contribution is 2.33. The molecule has 1 aromatic carbocycles. The number of ether oxygens (including phenoxy) is 1. The Morgan fingerprint density at radius 2 is 2.24 bits per heavy atom. The largest absolute Gasteiger partial charge is 0.492 e. The molecule has 0 spiro atoms. The van der Waals surface area contributed by atoms with Gasteiger partial charge in [0.2, 0.25) is 0 Å². The number of halogens is 1. The van der Waals surface area contributed by atoms with Crippen molar-refractivity contribution < 1.29 is 4.74 Å². The molecule has 0 radical (unpaired) electrons. The molecule has 0 heterocycles. The van der Waals surface area contributed by atoms with Crippen molar-refractivity contribution >= 4 is 11.6 Å². The maximum absolute atomic E-state index is 6.19. The van der Waals surface area contributed by atoms with E-state index < -0.39 is 0 Å². The fourth-order valence-corrected chi connectivity index (χ4v) is 2.04. The minimum atomic E-state index is 0.719. The van der Waals surface area contributed by atoms with Crippen molar-refractivity contribution in [1.29, 1.82) is 0 Å². The summed E-state index contributed by atoms with van der Waals surface area (Å²) in [6.45, 7) is 4.71. The minimum Gasteiger partial charge on any atom is -0.492 e. The first-order valence-corrected chi connectivity index (χ1v) is 6.79. The second kappa shape index (κ2) is 6.27. The van der Waals surface area contributed by atoms with Crippen molar-refractivity contribution in [2.45, 2.75) is 32.7 Å². The summed E-state index contributed by atoms with van der Waals surface area (Å²) in [6, 6.07) is 6.03. The van der Waals surface area contributed by atoms with Crippen LogP contribution in [-0.2, 0) is 6.54 Å². The van der Waals surface area contributed by atoms with Crippen LogP contribution >= 0.6 is 11.6 Å². The standard InChI is InChI=1S/C14H20ClNO/c1-2-16-10-12-5-6-14(13(15)9-12)17-8-7-11-3-4-11/h5-6,9,11,16H,2-4,7-8,10H2,1H3. The molecule has 1 aliphatic rings. The van der Waals surface area contributed by atoms with Crippen LogP contribution in [0.15, 0.2) is 18.2 Å². The summed E-state index contributed by atoms with van der Waals surface area (Å²) in [7, 11) is 0. The molecule has 0 saturated heterocycles. The molecule has 0 amide bonds. The lowest BCUT2D eigenvalue weighted by Gasteiger charge is -2.09. The first kappa shape index (κ1) is 12.7. The number of nitrogens with one attached hydrogen (secondary N) is 1. The van der Waals surface area contributed by atoms with E-state index in [0.29, 0.717) is 0 Å². The van der Waals surface area contributed by atoms with Crippen molar-refractivity contribution in [3.63, 3.8) is 0 Å². The average molecular weight is 254 g/mol. The smallest absolute Gasteiger partial charge is 0.137 e. The Morgan fingerprint density at radius 1 is 1.41 bits per heavy atom. The van der Waals surface area contributed by atoms with E-state index in [1.807, 2.05) is 12.1 Å². The number of benzene rings is 1. The van der Waals surface area contributed by atoms with Crippen molar-refractivity contribution in [2.24, 2.45) is 5.92 Å². The van der Waals surface area contributed by atoms with Gasteiger partial charge in [0.05, 0.1) is 11.6 Å². The van der Waals surface area contributed by atoms with Gasteiger partial charge in [0, 0.05) is 6.54 Å². The number of rotatable bonds is 7. The van der Waals surface area contributed by atoms with E-state index in [9.17, 15) is 0 Å². The van der Waals surface area contributed by atoms with Crippen molar-refractivity contribution in [2.75, 3.05) is 13.2 Å². The van der Waals surface area contributed by atoms with E-state index in [1.165, 1.54) is 18.4 Å². The van der Waals surface area contributed by atoms with Crippen LogP contribution in [-0.4, -0.2) is 13.2 Å². The van der Waals surface area contributed by atoms with Gasteiger partial charge in [0.15, 0.2) is 0 Å². The molecule has 1 aliphatic carbocycles. The third kappa shape index (κ3) is 4.21. The van der Waals surface area contributed by atoms with E-state index in [2.05, 4.69) is 18.3 Å². The molecule has 0 aromatic heterocycles. The Hall–Kier alpha value is -0.730. The maximum atomic E-state index is 6.19. The van der Waals surface area contributed by atoms with Crippen molar-refractivity contribution in [1.82, 2.24) is 5.32 Å². The molecule has 1 saturated carbocycles. The highest BCUT2D eigenvalue weighted by Gasteiger charge is 2.20. The van der Waals surface area contributed by atoms with Crippen LogP contribution in [0.4, 0.5) is 0 Å². The van der Waals surface area contributed by atoms with Crippen LogP contribution in [0.5, 0.6) is 5.75 Å². The molecule has 1 aromatic rings. The van der Waals surface area contributed by atoms with Crippen LogP contribution in [0.3, 0.4) is 0 Å². The van der Waals surface area contributed by atoms with Crippen LogP contribution < -0.4 is 10.1 Å². The van der Waals surface area contributed by atoms with Gasteiger partial charge in [-0.3, -0.25) is 0 Å². The zero-order chi connectivity index (χ0) is 12.1. The van der Waals surface area contributed by atoms with E-state index in [4.69, 9.17) is 16.3 Å². The normalized spacial score (nSPS) is 14.9. The van der Waals surface area contributed by atoms with E-state index in [1.54, 1.807) is 0 Å². The lowest BCUT2D eigenvalue weighted by Crippen LogP contribution is -2.11. The topological polar surface area (TPSA) is 21.3 Å². The first-order valence-electron chi connectivity index (χ1n) is 6.41. The molecule has 0 unspecified atom stereocenters. The molecule has 2 rings (SSSR count). The molecule has 17 heavy (non-hydrogen) atoms. The molecule has 0 atom stereocenters. The predicted octanol–water partition coefficient (Wildman–Crippen LogP) is 3.63. The van der Waals surface area contributed by atoms with E-state index in [-0.39, 0.29) is 0 Å². The second-order valence-corrected chi connectivity index (χ2v) is 5.03. The van der Waals surface area contributed by atoms with Gasteiger partial charge in [-0.1, -0.05) is 37.4 Å². The SMILES string of the molecule is CCNCc1ccc(OCCC2CC2)c(Cl)c1. The summed E-state index contributed by atoms with van der Waals surface area (Å²) >= 11 is 6.19. The summed E-state index contributed by atoms with van der Waals surface area (Å²) in [6.07, 6.45) is 3.91. The zero-order valence-electron chi connectivity index (χ0n) is 10.3. The molecule has 3 heteroatoms.